The maximum absolute atomic E-state index is 9.12. The van der Waals surface area contributed by atoms with E-state index in [0.717, 1.165) is 42.6 Å². The topological polar surface area (TPSA) is 61.3 Å². The maximum Gasteiger partial charge on any atom is 0.191 e. The summed E-state index contributed by atoms with van der Waals surface area (Å²) in [6.45, 7) is 1.25. The molecule has 0 bridgehead atoms. The SMILES string of the molecule is CNc1cc(N2CCCC2CCO)nc(SC)n1. The van der Waals surface area contributed by atoms with Gasteiger partial charge in [-0.25, -0.2) is 9.97 Å². The molecule has 2 rings (SSSR count). The lowest BCUT2D eigenvalue weighted by atomic mass is 10.1. The molecule has 1 unspecified atom stereocenters. The number of rotatable bonds is 5. The Labute approximate surface area is 112 Å². The molecule has 0 radical (unpaired) electrons. The van der Waals surface area contributed by atoms with E-state index in [1.54, 1.807) is 11.8 Å². The molecule has 6 heteroatoms. The van der Waals surface area contributed by atoms with E-state index < -0.39 is 0 Å². The summed E-state index contributed by atoms with van der Waals surface area (Å²) in [5.74, 6) is 1.81. The summed E-state index contributed by atoms with van der Waals surface area (Å²) in [6, 6.07) is 2.39. The van der Waals surface area contributed by atoms with Gasteiger partial charge >= 0.3 is 0 Å². The van der Waals surface area contributed by atoms with Crippen LogP contribution in [0.15, 0.2) is 11.2 Å². The number of aliphatic hydroxyl groups is 1. The Morgan fingerprint density at radius 2 is 2.39 bits per heavy atom. The fourth-order valence-corrected chi connectivity index (χ4v) is 2.74. The molecule has 2 heterocycles. The van der Waals surface area contributed by atoms with Crippen molar-refractivity contribution in [3.8, 4) is 0 Å². The zero-order valence-corrected chi connectivity index (χ0v) is 11.7. The number of nitrogens with zero attached hydrogens (tertiary/aromatic N) is 3. The zero-order valence-electron chi connectivity index (χ0n) is 10.9. The molecule has 0 aliphatic carbocycles. The molecule has 0 saturated carbocycles. The van der Waals surface area contributed by atoms with Crippen LogP contribution < -0.4 is 10.2 Å². The number of nitrogens with one attached hydrogen (secondary N) is 1. The number of hydrogen-bond donors (Lipinski definition) is 2. The van der Waals surface area contributed by atoms with Crippen molar-refractivity contribution in [1.29, 1.82) is 0 Å². The Hall–Kier alpha value is -1.01. The molecule has 1 aromatic heterocycles. The Morgan fingerprint density at radius 3 is 3.06 bits per heavy atom. The van der Waals surface area contributed by atoms with Gasteiger partial charge < -0.3 is 15.3 Å². The summed E-state index contributed by atoms with van der Waals surface area (Å²) >= 11 is 1.55. The van der Waals surface area contributed by atoms with Gasteiger partial charge in [-0.3, -0.25) is 0 Å². The van der Waals surface area contributed by atoms with E-state index in [1.807, 2.05) is 19.4 Å². The molecule has 0 amide bonds. The van der Waals surface area contributed by atoms with Crippen LogP contribution in [0, 0.1) is 0 Å². The van der Waals surface area contributed by atoms with Gasteiger partial charge in [0.1, 0.15) is 11.6 Å². The molecule has 1 aliphatic rings. The monoisotopic (exact) mass is 268 g/mol. The number of hydrogen-bond acceptors (Lipinski definition) is 6. The highest BCUT2D eigenvalue weighted by molar-refractivity contribution is 7.98. The smallest absolute Gasteiger partial charge is 0.191 e. The highest BCUT2D eigenvalue weighted by Gasteiger charge is 2.25. The Bertz CT molecular complexity index is 379. The fourth-order valence-electron chi connectivity index (χ4n) is 2.37. The van der Waals surface area contributed by atoms with E-state index in [4.69, 9.17) is 5.11 Å². The van der Waals surface area contributed by atoms with Gasteiger partial charge in [0.15, 0.2) is 5.16 Å². The lowest BCUT2D eigenvalue weighted by molar-refractivity contribution is 0.275. The second-order valence-electron chi connectivity index (χ2n) is 4.35. The molecular formula is C12H20N4OS. The van der Waals surface area contributed by atoms with Gasteiger partial charge in [-0.15, -0.1) is 0 Å². The Morgan fingerprint density at radius 1 is 1.56 bits per heavy atom. The normalized spacial score (nSPS) is 19.3. The first-order valence-electron chi connectivity index (χ1n) is 6.26. The lowest BCUT2D eigenvalue weighted by Crippen LogP contribution is -2.31. The summed E-state index contributed by atoms with van der Waals surface area (Å²) in [5, 5.41) is 13.0. The summed E-state index contributed by atoms with van der Waals surface area (Å²) in [6.07, 6.45) is 5.09. The summed E-state index contributed by atoms with van der Waals surface area (Å²) in [5.41, 5.74) is 0. The average molecular weight is 268 g/mol. The van der Waals surface area contributed by atoms with Crippen molar-refractivity contribution in [2.24, 2.45) is 0 Å². The van der Waals surface area contributed by atoms with Gasteiger partial charge in [-0.05, 0) is 25.5 Å². The minimum atomic E-state index is 0.237. The molecule has 2 N–H and O–H groups in total. The van der Waals surface area contributed by atoms with Gasteiger partial charge in [-0.2, -0.15) is 0 Å². The van der Waals surface area contributed by atoms with Crippen molar-refractivity contribution >= 4 is 23.4 Å². The molecule has 100 valence electrons. The summed E-state index contributed by atoms with van der Waals surface area (Å²) < 4.78 is 0. The first kappa shape index (κ1) is 13.4. The number of anilines is 2. The predicted molar refractivity (Wildman–Crippen MR) is 75.4 cm³/mol. The van der Waals surface area contributed by atoms with E-state index in [-0.39, 0.29) is 6.61 Å². The molecular weight excluding hydrogens is 248 g/mol. The van der Waals surface area contributed by atoms with Crippen molar-refractivity contribution in [3.05, 3.63) is 6.07 Å². The van der Waals surface area contributed by atoms with Crippen molar-refractivity contribution in [1.82, 2.24) is 9.97 Å². The molecule has 0 aromatic carbocycles. The Balaban J connectivity index is 2.25. The highest BCUT2D eigenvalue weighted by atomic mass is 32.2. The zero-order chi connectivity index (χ0) is 13.0. The maximum atomic E-state index is 9.12. The molecule has 1 saturated heterocycles. The number of aliphatic hydroxyl groups excluding tert-OH is 1. The largest absolute Gasteiger partial charge is 0.396 e. The Kier molecular flexibility index (Phi) is 4.66. The van der Waals surface area contributed by atoms with Crippen LogP contribution in [0.25, 0.3) is 0 Å². The molecule has 1 atom stereocenters. The molecule has 5 nitrogen and oxygen atoms in total. The minimum Gasteiger partial charge on any atom is -0.396 e. The van der Waals surface area contributed by atoms with Crippen molar-refractivity contribution < 1.29 is 5.11 Å². The van der Waals surface area contributed by atoms with Crippen LogP contribution >= 0.6 is 11.8 Å². The second-order valence-corrected chi connectivity index (χ2v) is 5.12. The quantitative estimate of drug-likeness (QED) is 0.625. The van der Waals surface area contributed by atoms with Crippen molar-refractivity contribution in [3.63, 3.8) is 0 Å². The molecule has 1 aromatic rings. The first-order valence-corrected chi connectivity index (χ1v) is 7.49. The van der Waals surface area contributed by atoms with Crippen LogP contribution in [0.5, 0.6) is 0 Å². The first-order chi connectivity index (χ1) is 8.78. The van der Waals surface area contributed by atoms with E-state index in [1.165, 1.54) is 0 Å². The standard InChI is InChI=1S/C12H20N4OS/c1-13-10-8-11(15-12(14-10)18-2)16-6-3-4-9(16)5-7-17/h8-9,17H,3-7H2,1-2H3,(H,13,14,15). The summed E-state index contributed by atoms with van der Waals surface area (Å²) in [7, 11) is 1.87. The van der Waals surface area contributed by atoms with Crippen LogP contribution in [-0.2, 0) is 0 Å². The van der Waals surface area contributed by atoms with Crippen molar-refractivity contribution in [2.75, 3.05) is 36.7 Å². The van der Waals surface area contributed by atoms with Crippen LogP contribution in [0.3, 0.4) is 0 Å². The van der Waals surface area contributed by atoms with E-state index >= 15 is 0 Å². The fraction of sp³-hybridized carbons (Fsp3) is 0.667. The highest BCUT2D eigenvalue weighted by Crippen LogP contribution is 2.28. The van der Waals surface area contributed by atoms with E-state index in [9.17, 15) is 0 Å². The molecule has 1 aliphatic heterocycles. The molecule has 0 spiro atoms. The summed E-state index contributed by atoms with van der Waals surface area (Å²) in [4.78, 5) is 11.2. The van der Waals surface area contributed by atoms with E-state index in [0.29, 0.717) is 6.04 Å². The van der Waals surface area contributed by atoms with Crippen molar-refractivity contribution in [2.45, 2.75) is 30.5 Å². The van der Waals surface area contributed by atoms with Gasteiger partial charge in [0.05, 0.1) is 0 Å². The predicted octanol–water partition coefficient (Wildman–Crippen LogP) is 1.59. The van der Waals surface area contributed by atoms with Gasteiger partial charge in [0, 0.05) is 32.3 Å². The average Bonchev–Trinajstić information content (AvgIpc) is 2.87. The third-order valence-corrected chi connectivity index (χ3v) is 3.81. The van der Waals surface area contributed by atoms with Gasteiger partial charge in [0.25, 0.3) is 0 Å². The number of thioether (sulfide) groups is 1. The van der Waals surface area contributed by atoms with Gasteiger partial charge in [0.2, 0.25) is 0 Å². The van der Waals surface area contributed by atoms with E-state index in [2.05, 4.69) is 20.2 Å². The lowest BCUT2D eigenvalue weighted by Gasteiger charge is -2.25. The van der Waals surface area contributed by atoms with Crippen LogP contribution in [-0.4, -0.2) is 47.6 Å². The number of aromatic nitrogens is 2. The second kappa shape index (κ2) is 6.24. The minimum absolute atomic E-state index is 0.237. The third kappa shape index (κ3) is 2.87. The van der Waals surface area contributed by atoms with Crippen LogP contribution in [0.2, 0.25) is 0 Å². The van der Waals surface area contributed by atoms with Crippen LogP contribution in [0.4, 0.5) is 11.6 Å². The van der Waals surface area contributed by atoms with Crippen LogP contribution in [0.1, 0.15) is 19.3 Å². The van der Waals surface area contributed by atoms with Gasteiger partial charge in [-0.1, -0.05) is 11.8 Å². The third-order valence-electron chi connectivity index (χ3n) is 3.26. The molecule has 18 heavy (non-hydrogen) atoms. The molecule has 1 fully saturated rings.